The molecule has 1 amide bonds. The van der Waals surface area contributed by atoms with E-state index < -0.39 is 0 Å². The molecule has 1 aliphatic carbocycles. The lowest BCUT2D eigenvalue weighted by Gasteiger charge is -2.24. The summed E-state index contributed by atoms with van der Waals surface area (Å²) in [6.07, 6.45) is 2.58. The lowest BCUT2D eigenvalue weighted by atomic mass is 9.95. The van der Waals surface area contributed by atoms with Crippen LogP contribution >= 0.6 is 0 Å². The molecule has 2 aliphatic rings. The van der Waals surface area contributed by atoms with E-state index in [0.717, 1.165) is 23.6 Å². The molecule has 1 aromatic carbocycles. The summed E-state index contributed by atoms with van der Waals surface area (Å²) in [5, 5.41) is 0. The standard InChI is InChI=1S/C17H23NO/c1-10(2)14-7-11(3)16-15(8-14)9-18(17(16)19)12(4)13-5-6-13/h7-8,10,12-13H,5-6,9H2,1-4H3/t12-/m0/s1. The first-order valence-electron chi connectivity index (χ1n) is 7.43. The van der Waals surface area contributed by atoms with Crippen molar-refractivity contribution in [1.29, 1.82) is 0 Å². The molecule has 0 bridgehead atoms. The molecule has 0 N–H and O–H groups in total. The van der Waals surface area contributed by atoms with Crippen LogP contribution in [-0.4, -0.2) is 16.8 Å². The number of carbonyl (C=O) groups excluding carboxylic acids is 1. The number of aryl methyl sites for hydroxylation is 1. The quantitative estimate of drug-likeness (QED) is 0.805. The van der Waals surface area contributed by atoms with Crippen molar-refractivity contribution in [2.24, 2.45) is 5.92 Å². The largest absolute Gasteiger partial charge is 0.331 e. The molecular formula is C17H23NO. The van der Waals surface area contributed by atoms with Gasteiger partial charge in [0.15, 0.2) is 0 Å². The Kier molecular flexibility index (Phi) is 2.92. The van der Waals surface area contributed by atoms with E-state index in [-0.39, 0.29) is 5.91 Å². The van der Waals surface area contributed by atoms with Gasteiger partial charge in [0.2, 0.25) is 0 Å². The van der Waals surface area contributed by atoms with Gasteiger partial charge in [0.1, 0.15) is 0 Å². The fraction of sp³-hybridized carbons (Fsp3) is 0.588. The predicted molar refractivity (Wildman–Crippen MR) is 77.3 cm³/mol. The zero-order chi connectivity index (χ0) is 13.7. The maximum atomic E-state index is 12.6. The number of nitrogens with zero attached hydrogens (tertiary/aromatic N) is 1. The van der Waals surface area contributed by atoms with Gasteiger partial charge in [-0.05, 0) is 55.2 Å². The third-order valence-electron chi connectivity index (χ3n) is 4.72. The highest BCUT2D eigenvalue weighted by Gasteiger charge is 2.39. The number of hydrogen-bond acceptors (Lipinski definition) is 1. The Hall–Kier alpha value is -1.31. The molecule has 1 heterocycles. The van der Waals surface area contributed by atoms with Crippen LogP contribution in [0.1, 0.15) is 66.6 Å². The van der Waals surface area contributed by atoms with Crippen LogP contribution in [0.15, 0.2) is 12.1 Å². The molecule has 2 nitrogen and oxygen atoms in total. The first-order valence-corrected chi connectivity index (χ1v) is 7.43. The fourth-order valence-corrected chi connectivity index (χ4v) is 3.22. The summed E-state index contributed by atoms with van der Waals surface area (Å²) in [5.41, 5.74) is 4.71. The Morgan fingerprint density at radius 1 is 1.21 bits per heavy atom. The minimum absolute atomic E-state index is 0.252. The van der Waals surface area contributed by atoms with E-state index in [4.69, 9.17) is 0 Å². The molecule has 0 aromatic heterocycles. The van der Waals surface area contributed by atoms with Crippen molar-refractivity contribution in [2.45, 2.75) is 59.0 Å². The first-order chi connectivity index (χ1) is 8.99. The van der Waals surface area contributed by atoms with Gasteiger partial charge in [-0.15, -0.1) is 0 Å². The van der Waals surface area contributed by atoms with Crippen LogP contribution in [0.3, 0.4) is 0 Å². The van der Waals surface area contributed by atoms with Crippen molar-refractivity contribution in [3.8, 4) is 0 Å². The molecule has 1 saturated carbocycles. The van der Waals surface area contributed by atoms with Crippen molar-refractivity contribution >= 4 is 5.91 Å². The van der Waals surface area contributed by atoms with E-state index in [9.17, 15) is 4.79 Å². The van der Waals surface area contributed by atoms with E-state index >= 15 is 0 Å². The van der Waals surface area contributed by atoms with Gasteiger partial charge in [0.05, 0.1) is 0 Å². The molecule has 0 saturated heterocycles. The van der Waals surface area contributed by atoms with Crippen molar-refractivity contribution in [3.63, 3.8) is 0 Å². The number of fused-ring (bicyclic) bond motifs is 1. The molecule has 102 valence electrons. The van der Waals surface area contributed by atoms with Crippen LogP contribution in [0.5, 0.6) is 0 Å². The van der Waals surface area contributed by atoms with Gasteiger partial charge in [0.25, 0.3) is 5.91 Å². The highest BCUT2D eigenvalue weighted by Crippen LogP contribution is 2.39. The molecule has 3 rings (SSSR count). The number of rotatable bonds is 3. The Bertz CT molecular complexity index is 528. The average Bonchev–Trinajstić information content (AvgIpc) is 3.13. The second-order valence-electron chi connectivity index (χ2n) is 6.54. The summed E-state index contributed by atoms with van der Waals surface area (Å²) in [7, 11) is 0. The maximum Gasteiger partial charge on any atom is 0.255 e. The number of carbonyl (C=O) groups is 1. The van der Waals surface area contributed by atoms with Crippen LogP contribution in [0.4, 0.5) is 0 Å². The summed E-state index contributed by atoms with van der Waals surface area (Å²) in [6, 6.07) is 4.83. The Balaban J connectivity index is 1.95. The Morgan fingerprint density at radius 3 is 2.47 bits per heavy atom. The van der Waals surface area contributed by atoms with Crippen LogP contribution in [0, 0.1) is 12.8 Å². The molecule has 0 spiro atoms. The zero-order valence-electron chi connectivity index (χ0n) is 12.4. The van der Waals surface area contributed by atoms with Crippen molar-refractivity contribution in [3.05, 3.63) is 34.4 Å². The smallest absolute Gasteiger partial charge is 0.255 e. The Labute approximate surface area is 115 Å². The van der Waals surface area contributed by atoms with Gasteiger partial charge in [-0.25, -0.2) is 0 Å². The van der Waals surface area contributed by atoms with Gasteiger partial charge in [0, 0.05) is 18.2 Å². The summed E-state index contributed by atoms with van der Waals surface area (Å²) in [6.45, 7) is 9.52. The summed E-state index contributed by atoms with van der Waals surface area (Å²) >= 11 is 0. The lowest BCUT2D eigenvalue weighted by molar-refractivity contribution is 0.0697. The van der Waals surface area contributed by atoms with Crippen LogP contribution < -0.4 is 0 Å². The van der Waals surface area contributed by atoms with E-state index in [1.807, 2.05) is 0 Å². The summed E-state index contributed by atoms with van der Waals surface area (Å²) < 4.78 is 0. The molecule has 1 aromatic rings. The molecular weight excluding hydrogens is 234 g/mol. The third-order valence-corrected chi connectivity index (χ3v) is 4.72. The lowest BCUT2D eigenvalue weighted by Crippen LogP contribution is -2.34. The molecule has 19 heavy (non-hydrogen) atoms. The monoisotopic (exact) mass is 257 g/mol. The van der Waals surface area contributed by atoms with Crippen LogP contribution in [0.25, 0.3) is 0 Å². The fourth-order valence-electron chi connectivity index (χ4n) is 3.22. The van der Waals surface area contributed by atoms with Gasteiger partial charge in [-0.1, -0.05) is 26.0 Å². The normalized spacial score (nSPS) is 20.1. The van der Waals surface area contributed by atoms with Crippen LogP contribution in [-0.2, 0) is 6.54 Å². The molecule has 1 aliphatic heterocycles. The van der Waals surface area contributed by atoms with E-state index in [0.29, 0.717) is 12.0 Å². The van der Waals surface area contributed by atoms with Gasteiger partial charge in [-0.3, -0.25) is 4.79 Å². The number of benzene rings is 1. The molecule has 0 unspecified atom stereocenters. The molecule has 0 radical (unpaired) electrons. The highest BCUT2D eigenvalue weighted by atomic mass is 16.2. The number of hydrogen-bond donors (Lipinski definition) is 0. The molecule has 1 atom stereocenters. The average molecular weight is 257 g/mol. The van der Waals surface area contributed by atoms with Gasteiger partial charge < -0.3 is 4.90 Å². The van der Waals surface area contributed by atoms with Crippen molar-refractivity contribution in [1.82, 2.24) is 4.90 Å². The first kappa shape index (κ1) is 12.7. The van der Waals surface area contributed by atoms with Crippen LogP contribution in [0.2, 0.25) is 0 Å². The topological polar surface area (TPSA) is 20.3 Å². The van der Waals surface area contributed by atoms with E-state index in [1.165, 1.54) is 24.0 Å². The van der Waals surface area contributed by atoms with E-state index in [1.54, 1.807) is 0 Å². The van der Waals surface area contributed by atoms with Crippen molar-refractivity contribution in [2.75, 3.05) is 0 Å². The van der Waals surface area contributed by atoms with Crippen molar-refractivity contribution < 1.29 is 4.79 Å². The minimum Gasteiger partial charge on any atom is -0.331 e. The maximum absolute atomic E-state index is 12.6. The SMILES string of the molecule is Cc1cc(C(C)C)cc2c1C(=O)N([C@@H](C)C1CC1)C2. The second-order valence-corrected chi connectivity index (χ2v) is 6.54. The summed E-state index contributed by atoms with van der Waals surface area (Å²) in [4.78, 5) is 14.7. The number of amides is 1. The molecule has 1 fully saturated rings. The minimum atomic E-state index is 0.252. The Morgan fingerprint density at radius 2 is 1.89 bits per heavy atom. The second kappa shape index (κ2) is 4.36. The predicted octanol–water partition coefficient (Wildman–Crippen LogP) is 3.87. The van der Waals surface area contributed by atoms with Gasteiger partial charge in [-0.2, -0.15) is 0 Å². The third kappa shape index (κ3) is 2.07. The van der Waals surface area contributed by atoms with E-state index in [2.05, 4.69) is 44.7 Å². The zero-order valence-corrected chi connectivity index (χ0v) is 12.4. The summed E-state index contributed by atoms with van der Waals surface area (Å²) in [5.74, 6) is 1.51. The molecule has 2 heteroatoms. The van der Waals surface area contributed by atoms with Gasteiger partial charge >= 0.3 is 0 Å². The highest BCUT2D eigenvalue weighted by molar-refractivity contribution is 6.00.